The molecule has 54 valence electrons. The topological polar surface area (TPSA) is 57.5 Å². The third kappa shape index (κ3) is 5.77. The van der Waals surface area contributed by atoms with E-state index in [4.69, 9.17) is 9.79 Å². The highest BCUT2D eigenvalue weighted by Crippen LogP contribution is 2.36. The normalized spacial score (nSPS) is 14.0. The molecule has 2 N–H and O–H groups in total. The first-order valence-electron chi connectivity index (χ1n) is 2.62. The lowest BCUT2D eigenvalue weighted by Gasteiger charge is -2.01. The molecule has 0 aromatic rings. The van der Waals surface area contributed by atoms with Crippen molar-refractivity contribution < 1.29 is 14.4 Å². The molecular formula is C5H11O3P. The van der Waals surface area contributed by atoms with E-state index in [1.165, 1.54) is 0 Å². The monoisotopic (exact) mass is 150 g/mol. The lowest BCUT2D eigenvalue weighted by atomic mass is 10.3. The Morgan fingerprint density at radius 2 is 2.11 bits per heavy atom. The van der Waals surface area contributed by atoms with E-state index in [0.29, 0.717) is 0 Å². The van der Waals surface area contributed by atoms with Gasteiger partial charge in [-0.15, -0.1) is 0 Å². The molecule has 0 heterocycles. The van der Waals surface area contributed by atoms with Crippen molar-refractivity contribution in [3.8, 4) is 0 Å². The zero-order valence-corrected chi connectivity index (χ0v) is 6.43. The van der Waals surface area contributed by atoms with Gasteiger partial charge in [-0.1, -0.05) is 11.6 Å². The minimum atomic E-state index is -3.81. The molecule has 0 rings (SSSR count). The van der Waals surface area contributed by atoms with Crippen molar-refractivity contribution in [3.63, 3.8) is 0 Å². The summed E-state index contributed by atoms with van der Waals surface area (Å²) in [5.41, 5.74) is 0.725. The van der Waals surface area contributed by atoms with E-state index in [1.807, 2.05) is 0 Å². The smallest absolute Gasteiger partial charge is 0.324 e. The fourth-order valence-corrected chi connectivity index (χ4v) is 1.25. The van der Waals surface area contributed by atoms with E-state index < -0.39 is 7.60 Å². The van der Waals surface area contributed by atoms with Crippen LogP contribution in [0.5, 0.6) is 0 Å². The van der Waals surface area contributed by atoms with Crippen LogP contribution < -0.4 is 0 Å². The van der Waals surface area contributed by atoms with E-state index >= 15 is 0 Å². The van der Waals surface area contributed by atoms with Crippen molar-refractivity contribution in [3.05, 3.63) is 11.6 Å². The average Bonchev–Trinajstić information content (AvgIpc) is 1.62. The zero-order chi connectivity index (χ0) is 7.49. The van der Waals surface area contributed by atoms with E-state index in [-0.39, 0.29) is 6.16 Å². The molecule has 0 saturated carbocycles. The number of hydrogen-bond donors (Lipinski definition) is 2. The second-order valence-electron chi connectivity index (χ2n) is 1.96. The van der Waals surface area contributed by atoms with Crippen LogP contribution in [0.15, 0.2) is 11.6 Å². The predicted octanol–water partition coefficient (Wildman–Crippen LogP) is 1.13. The highest BCUT2D eigenvalue weighted by Gasteiger charge is 2.11. The fraction of sp³-hybridized carbons (Fsp3) is 0.600. The van der Waals surface area contributed by atoms with Gasteiger partial charge in [-0.3, -0.25) is 4.57 Å². The van der Waals surface area contributed by atoms with Crippen LogP contribution in [0.2, 0.25) is 0 Å². The summed E-state index contributed by atoms with van der Waals surface area (Å²) in [4.78, 5) is 16.8. The third-order valence-electron chi connectivity index (χ3n) is 0.948. The van der Waals surface area contributed by atoms with Gasteiger partial charge in [0.2, 0.25) is 0 Å². The van der Waals surface area contributed by atoms with E-state index in [0.717, 1.165) is 5.57 Å². The minimum Gasteiger partial charge on any atom is -0.324 e. The van der Waals surface area contributed by atoms with Gasteiger partial charge >= 0.3 is 7.60 Å². The van der Waals surface area contributed by atoms with Crippen molar-refractivity contribution >= 4 is 7.60 Å². The second-order valence-corrected chi connectivity index (χ2v) is 3.60. The lowest BCUT2D eigenvalue weighted by molar-refractivity contribution is 0.376. The average molecular weight is 150 g/mol. The molecule has 0 fully saturated rings. The Morgan fingerprint density at radius 1 is 1.67 bits per heavy atom. The Kier molecular flexibility index (Phi) is 3.12. The maximum absolute atomic E-state index is 10.3. The molecule has 0 atom stereocenters. The van der Waals surface area contributed by atoms with Crippen molar-refractivity contribution in [2.45, 2.75) is 13.8 Å². The predicted molar refractivity (Wildman–Crippen MR) is 36.3 cm³/mol. The van der Waals surface area contributed by atoms with Gasteiger partial charge in [0, 0.05) is 0 Å². The summed E-state index contributed by atoms with van der Waals surface area (Å²) in [5, 5.41) is 0. The number of hydrogen-bond acceptors (Lipinski definition) is 1. The van der Waals surface area contributed by atoms with Crippen LogP contribution in [0, 0.1) is 0 Å². The second kappa shape index (κ2) is 3.16. The molecule has 0 bridgehead atoms. The zero-order valence-electron chi connectivity index (χ0n) is 5.53. The first-order chi connectivity index (χ1) is 3.95. The first kappa shape index (κ1) is 8.89. The fourth-order valence-electron chi connectivity index (χ4n) is 0.416. The SMILES string of the molecule is CC=C(C)CP(=O)(O)O. The summed E-state index contributed by atoms with van der Waals surface area (Å²) < 4.78 is 10.3. The van der Waals surface area contributed by atoms with Crippen LogP contribution in [-0.4, -0.2) is 15.9 Å². The van der Waals surface area contributed by atoms with Crippen molar-refractivity contribution in [2.24, 2.45) is 0 Å². The summed E-state index contributed by atoms with van der Waals surface area (Å²) in [6.45, 7) is 3.45. The number of allylic oxidation sites excluding steroid dienone is 2. The van der Waals surface area contributed by atoms with Crippen molar-refractivity contribution in [1.82, 2.24) is 0 Å². The highest BCUT2D eigenvalue weighted by molar-refractivity contribution is 7.52. The summed E-state index contributed by atoms with van der Waals surface area (Å²) >= 11 is 0. The summed E-state index contributed by atoms with van der Waals surface area (Å²) in [6.07, 6.45) is 1.57. The van der Waals surface area contributed by atoms with Crippen LogP contribution in [0.1, 0.15) is 13.8 Å². The molecule has 0 aromatic heterocycles. The molecule has 9 heavy (non-hydrogen) atoms. The van der Waals surface area contributed by atoms with Gasteiger partial charge in [-0.05, 0) is 13.8 Å². The largest absolute Gasteiger partial charge is 0.329 e. The first-order valence-corrected chi connectivity index (χ1v) is 4.42. The summed E-state index contributed by atoms with van der Waals surface area (Å²) in [5.74, 6) is 0. The van der Waals surface area contributed by atoms with Crippen molar-refractivity contribution in [1.29, 1.82) is 0 Å². The molecule has 0 aliphatic rings. The van der Waals surface area contributed by atoms with E-state index in [2.05, 4.69) is 0 Å². The molecule has 0 saturated heterocycles. The molecule has 0 unspecified atom stereocenters. The Balaban J connectivity index is 3.90. The molecule has 0 radical (unpaired) electrons. The summed E-state index contributed by atoms with van der Waals surface area (Å²) in [7, 11) is -3.81. The molecule has 0 aromatic carbocycles. The molecule has 0 aliphatic heterocycles. The Hall–Kier alpha value is -0.110. The van der Waals surface area contributed by atoms with Gasteiger partial charge in [0.25, 0.3) is 0 Å². The lowest BCUT2D eigenvalue weighted by Crippen LogP contribution is -1.87. The van der Waals surface area contributed by atoms with E-state index in [1.54, 1.807) is 19.9 Å². The molecule has 4 heteroatoms. The molecule has 0 aliphatic carbocycles. The van der Waals surface area contributed by atoms with Gasteiger partial charge in [0.1, 0.15) is 0 Å². The molecule has 0 spiro atoms. The van der Waals surface area contributed by atoms with Crippen LogP contribution in [0.4, 0.5) is 0 Å². The Labute approximate surface area is 54.6 Å². The maximum Gasteiger partial charge on any atom is 0.329 e. The third-order valence-corrected chi connectivity index (χ3v) is 1.86. The quantitative estimate of drug-likeness (QED) is 0.458. The maximum atomic E-state index is 10.3. The summed E-state index contributed by atoms with van der Waals surface area (Å²) in [6, 6.07) is 0. The van der Waals surface area contributed by atoms with Crippen LogP contribution >= 0.6 is 7.60 Å². The van der Waals surface area contributed by atoms with E-state index in [9.17, 15) is 4.57 Å². The van der Waals surface area contributed by atoms with Crippen LogP contribution in [0.3, 0.4) is 0 Å². The Bertz CT molecular complexity index is 156. The van der Waals surface area contributed by atoms with Crippen LogP contribution in [-0.2, 0) is 4.57 Å². The van der Waals surface area contributed by atoms with Crippen LogP contribution in [0.25, 0.3) is 0 Å². The van der Waals surface area contributed by atoms with Gasteiger partial charge in [0.15, 0.2) is 0 Å². The highest BCUT2D eigenvalue weighted by atomic mass is 31.2. The molecular weight excluding hydrogens is 139 g/mol. The Morgan fingerprint density at radius 3 is 2.22 bits per heavy atom. The van der Waals surface area contributed by atoms with Crippen molar-refractivity contribution in [2.75, 3.05) is 6.16 Å². The molecule has 0 amide bonds. The number of rotatable bonds is 2. The minimum absolute atomic E-state index is 0.122. The van der Waals surface area contributed by atoms with Gasteiger partial charge in [-0.2, -0.15) is 0 Å². The van der Waals surface area contributed by atoms with Gasteiger partial charge < -0.3 is 9.79 Å². The van der Waals surface area contributed by atoms with Gasteiger partial charge in [-0.25, -0.2) is 0 Å². The van der Waals surface area contributed by atoms with Gasteiger partial charge in [0.05, 0.1) is 6.16 Å². The molecule has 3 nitrogen and oxygen atoms in total. The standard InChI is InChI=1S/C5H11O3P/c1-3-5(2)4-9(6,7)8/h3H,4H2,1-2H3,(H2,6,7,8).